The van der Waals surface area contributed by atoms with Crippen molar-refractivity contribution in [3.05, 3.63) is 124 Å². The van der Waals surface area contributed by atoms with Crippen LogP contribution in [0.2, 0.25) is 10.0 Å². The molecule has 8 nitrogen and oxygen atoms in total. The number of rotatable bonds is 12. The standard InChI is InChI=1S/C32H31Cl2N3O5S/c1-35-32(39)30(17-23-10-5-3-6-11-23)36(21-24-12-9-13-28(16-24)42-2)31(38)22-37(27-19-25(33)18-26(34)20-27)43(40,41)29-14-7-4-8-15-29/h3-16,18-20,30H,17,21-22H2,1-2H3,(H,35,39). The molecule has 0 bridgehead atoms. The van der Waals surface area contributed by atoms with Crippen molar-refractivity contribution in [3.63, 3.8) is 0 Å². The summed E-state index contributed by atoms with van der Waals surface area (Å²) in [5, 5.41) is 3.06. The predicted molar refractivity (Wildman–Crippen MR) is 169 cm³/mol. The lowest BCUT2D eigenvalue weighted by molar-refractivity contribution is -0.139. The number of hydrogen-bond acceptors (Lipinski definition) is 5. The summed E-state index contributed by atoms with van der Waals surface area (Å²) >= 11 is 12.5. The van der Waals surface area contributed by atoms with Gasteiger partial charge in [0.05, 0.1) is 17.7 Å². The predicted octanol–water partition coefficient (Wildman–Crippen LogP) is 5.58. The van der Waals surface area contributed by atoms with Crippen molar-refractivity contribution in [2.75, 3.05) is 25.0 Å². The number of carbonyl (C=O) groups is 2. The van der Waals surface area contributed by atoms with Crippen molar-refractivity contribution >= 4 is 50.7 Å². The van der Waals surface area contributed by atoms with Crippen molar-refractivity contribution in [1.29, 1.82) is 0 Å². The molecule has 11 heteroatoms. The van der Waals surface area contributed by atoms with Crippen LogP contribution in [0.1, 0.15) is 11.1 Å². The van der Waals surface area contributed by atoms with Gasteiger partial charge in [-0.3, -0.25) is 13.9 Å². The van der Waals surface area contributed by atoms with E-state index in [1.54, 1.807) is 42.5 Å². The molecule has 0 aromatic heterocycles. The summed E-state index contributed by atoms with van der Waals surface area (Å²) in [4.78, 5) is 29.0. The number of ether oxygens (including phenoxy) is 1. The number of halogens is 2. The third kappa shape index (κ3) is 8.07. The second-order valence-electron chi connectivity index (χ2n) is 9.65. The number of nitrogens with zero attached hydrogens (tertiary/aromatic N) is 2. The quantitative estimate of drug-likeness (QED) is 0.218. The van der Waals surface area contributed by atoms with E-state index >= 15 is 0 Å². The number of benzene rings is 4. The summed E-state index contributed by atoms with van der Waals surface area (Å²) in [6.07, 6.45) is 0.199. The van der Waals surface area contributed by atoms with Gasteiger partial charge < -0.3 is 15.0 Å². The maximum atomic E-state index is 14.3. The molecular formula is C32H31Cl2N3O5S. The molecule has 1 N–H and O–H groups in total. The molecule has 1 atom stereocenters. The zero-order valence-corrected chi connectivity index (χ0v) is 25.9. The molecule has 0 fully saturated rings. The molecule has 0 aliphatic carbocycles. The second kappa shape index (κ2) is 14.4. The number of amides is 2. The number of nitrogens with one attached hydrogen (secondary N) is 1. The highest BCUT2D eigenvalue weighted by atomic mass is 35.5. The largest absolute Gasteiger partial charge is 0.497 e. The van der Waals surface area contributed by atoms with E-state index in [2.05, 4.69) is 5.32 Å². The highest BCUT2D eigenvalue weighted by Gasteiger charge is 2.34. The second-order valence-corrected chi connectivity index (χ2v) is 12.4. The summed E-state index contributed by atoms with van der Waals surface area (Å²) in [7, 11) is -1.23. The van der Waals surface area contributed by atoms with E-state index in [1.165, 1.54) is 49.4 Å². The summed E-state index contributed by atoms with van der Waals surface area (Å²) < 4.78 is 34.3. The molecule has 0 spiro atoms. The van der Waals surface area contributed by atoms with E-state index in [-0.39, 0.29) is 33.6 Å². The number of sulfonamides is 1. The van der Waals surface area contributed by atoms with Gasteiger partial charge in [0.15, 0.2) is 0 Å². The maximum absolute atomic E-state index is 14.3. The Kier molecular flexibility index (Phi) is 10.7. The SMILES string of the molecule is CNC(=O)C(Cc1ccccc1)N(Cc1cccc(OC)c1)C(=O)CN(c1cc(Cl)cc(Cl)c1)S(=O)(=O)c1ccccc1. The fourth-order valence-electron chi connectivity index (χ4n) is 4.62. The van der Waals surface area contributed by atoms with Crippen LogP contribution in [0, 0.1) is 0 Å². The van der Waals surface area contributed by atoms with E-state index in [1.807, 2.05) is 30.3 Å². The van der Waals surface area contributed by atoms with Crippen LogP contribution in [-0.4, -0.2) is 51.9 Å². The van der Waals surface area contributed by atoms with Crippen molar-refractivity contribution < 1.29 is 22.7 Å². The zero-order chi connectivity index (χ0) is 31.0. The molecule has 0 aliphatic rings. The first-order valence-corrected chi connectivity index (χ1v) is 15.5. The molecule has 0 radical (unpaired) electrons. The van der Waals surface area contributed by atoms with Crippen LogP contribution >= 0.6 is 23.2 Å². The molecule has 1 unspecified atom stereocenters. The Morgan fingerprint density at radius 2 is 1.44 bits per heavy atom. The Labute approximate surface area is 261 Å². The Balaban J connectivity index is 1.81. The van der Waals surface area contributed by atoms with Crippen LogP contribution in [0.4, 0.5) is 5.69 Å². The number of carbonyl (C=O) groups excluding carboxylic acids is 2. The van der Waals surface area contributed by atoms with Gasteiger partial charge in [-0.05, 0) is 53.6 Å². The molecule has 43 heavy (non-hydrogen) atoms. The van der Waals surface area contributed by atoms with E-state index < -0.39 is 34.4 Å². The van der Waals surface area contributed by atoms with Crippen molar-refractivity contribution in [1.82, 2.24) is 10.2 Å². The van der Waals surface area contributed by atoms with Gasteiger partial charge in [0.1, 0.15) is 18.3 Å². The van der Waals surface area contributed by atoms with Crippen LogP contribution in [0.25, 0.3) is 0 Å². The van der Waals surface area contributed by atoms with Gasteiger partial charge in [0.25, 0.3) is 10.0 Å². The lowest BCUT2D eigenvalue weighted by Crippen LogP contribution is -2.53. The molecule has 4 rings (SSSR count). The first-order valence-electron chi connectivity index (χ1n) is 13.3. The molecular weight excluding hydrogens is 609 g/mol. The topological polar surface area (TPSA) is 96.0 Å². The minimum Gasteiger partial charge on any atom is -0.497 e. The molecule has 0 saturated heterocycles. The fourth-order valence-corrected chi connectivity index (χ4v) is 6.55. The summed E-state index contributed by atoms with van der Waals surface area (Å²) in [6.45, 7) is -0.614. The van der Waals surface area contributed by atoms with E-state index in [0.717, 1.165) is 9.87 Å². The molecule has 2 amide bonds. The molecule has 0 saturated carbocycles. The first kappa shape index (κ1) is 31.9. The molecule has 224 valence electrons. The molecule has 4 aromatic rings. The lowest BCUT2D eigenvalue weighted by Gasteiger charge is -2.33. The van der Waals surface area contributed by atoms with Crippen molar-refractivity contribution in [3.8, 4) is 5.75 Å². The Morgan fingerprint density at radius 3 is 2.05 bits per heavy atom. The van der Waals surface area contributed by atoms with Gasteiger partial charge >= 0.3 is 0 Å². The van der Waals surface area contributed by atoms with Gasteiger partial charge in [-0.1, -0.05) is 83.9 Å². The van der Waals surface area contributed by atoms with Crippen LogP contribution < -0.4 is 14.4 Å². The molecule has 0 heterocycles. The maximum Gasteiger partial charge on any atom is 0.264 e. The zero-order valence-electron chi connectivity index (χ0n) is 23.6. The first-order chi connectivity index (χ1) is 20.6. The van der Waals surface area contributed by atoms with E-state index in [9.17, 15) is 18.0 Å². The smallest absolute Gasteiger partial charge is 0.264 e. The Morgan fingerprint density at radius 1 is 0.837 bits per heavy atom. The normalized spacial score (nSPS) is 11.8. The fraction of sp³-hybridized carbons (Fsp3) is 0.188. The van der Waals surface area contributed by atoms with E-state index in [4.69, 9.17) is 27.9 Å². The van der Waals surface area contributed by atoms with E-state index in [0.29, 0.717) is 11.3 Å². The van der Waals surface area contributed by atoms with Gasteiger partial charge in [0, 0.05) is 30.1 Å². The number of hydrogen-bond donors (Lipinski definition) is 1. The van der Waals surface area contributed by atoms with Gasteiger partial charge in [0.2, 0.25) is 11.8 Å². The average molecular weight is 641 g/mol. The summed E-state index contributed by atoms with van der Waals surface area (Å²) in [5.74, 6) is -0.433. The number of likely N-dealkylation sites (N-methyl/N-ethyl adjacent to an activating group) is 1. The van der Waals surface area contributed by atoms with Gasteiger partial charge in [-0.15, -0.1) is 0 Å². The number of anilines is 1. The van der Waals surface area contributed by atoms with Crippen LogP contribution in [0.5, 0.6) is 5.75 Å². The van der Waals surface area contributed by atoms with Crippen LogP contribution in [0.15, 0.2) is 108 Å². The average Bonchev–Trinajstić information content (AvgIpc) is 3.01. The summed E-state index contributed by atoms with van der Waals surface area (Å²) in [5.41, 5.74) is 1.63. The Bertz CT molecular complexity index is 1650. The minimum atomic E-state index is -4.26. The molecule has 4 aromatic carbocycles. The van der Waals surface area contributed by atoms with Crippen molar-refractivity contribution in [2.45, 2.75) is 23.9 Å². The highest BCUT2D eigenvalue weighted by molar-refractivity contribution is 7.92. The van der Waals surface area contributed by atoms with Gasteiger partial charge in [-0.2, -0.15) is 0 Å². The third-order valence-electron chi connectivity index (χ3n) is 6.75. The third-order valence-corrected chi connectivity index (χ3v) is 8.97. The van der Waals surface area contributed by atoms with Crippen LogP contribution in [0.3, 0.4) is 0 Å². The highest BCUT2D eigenvalue weighted by Crippen LogP contribution is 2.30. The lowest BCUT2D eigenvalue weighted by atomic mass is 10.0. The van der Waals surface area contributed by atoms with Crippen molar-refractivity contribution in [2.24, 2.45) is 0 Å². The minimum absolute atomic E-state index is 0.0104. The Hall–Kier alpha value is -4.05. The summed E-state index contributed by atoms with van der Waals surface area (Å²) in [6, 6.07) is 27.5. The van der Waals surface area contributed by atoms with Crippen LogP contribution in [-0.2, 0) is 32.6 Å². The molecule has 0 aliphatic heterocycles. The monoisotopic (exact) mass is 639 g/mol. The van der Waals surface area contributed by atoms with Gasteiger partial charge in [-0.25, -0.2) is 8.42 Å². The number of methoxy groups -OCH3 is 1.